The van der Waals surface area contributed by atoms with E-state index in [0.717, 1.165) is 49.2 Å². The summed E-state index contributed by atoms with van der Waals surface area (Å²) in [7, 11) is 0. The normalized spacial score (nSPS) is 49.9. The fourth-order valence-electron chi connectivity index (χ4n) is 7.27. The van der Waals surface area contributed by atoms with Crippen molar-refractivity contribution in [3.8, 4) is 0 Å². The monoisotopic (exact) mass is 330 g/mol. The molecule has 1 heterocycles. The lowest BCUT2D eigenvalue weighted by Crippen LogP contribution is -2.42. The van der Waals surface area contributed by atoms with Gasteiger partial charge in [0.2, 0.25) is 0 Å². The molecule has 1 saturated heterocycles. The van der Waals surface area contributed by atoms with Crippen LogP contribution in [0.5, 0.6) is 0 Å². The molecule has 4 aliphatic carbocycles. The summed E-state index contributed by atoms with van der Waals surface area (Å²) in [6.45, 7) is 6.73. The summed E-state index contributed by atoms with van der Waals surface area (Å²) in [6.07, 6.45) is 14.9. The third-order valence-electron chi connectivity index (χ3n) is 8.67. The van der Waals surface area contributed by atoms with Gasteiger partial charge >= 0.3 is 0 Å². The Kier molecular flexibility index (Phi) is 3.69. The molecule has 0 radical (unpaired) electrons. The Morgan fingerprint density at radius 3 is 2.58 bits per heavy atom. The molecule has 0 aromatic heterocycles. The predicted octanol–water partition coefficient (Wildman–Crippen LogP) is 5.33. The fourth-order valence-corrected chi connectivity index (χ4v) is 7.27. The lowest BCUT2D eigenvalue weighted by molar-refractivity contribution is -0.132. The first-order valence-electron chi connectivity index (χ1n) is 10.6. The second-order valence-electron chi connectivity index (χ2n) is 9.95. The molecule has 1 aliphatic heterocycles. The molecule has 1 spiro atoms. The molecule has 6 atom stereocenters. The molecular weight excluding hydrogens is 296 g/mol. The fraction of sp³-hybridized carbons (Fsp3) is 0.909. The second kappa shape index (κ2) is 5.58. The highest BCUT2D eigenvalue weighted by Crippen LogP contribution is 2.58. The van der Waals surface area contributed by atoms with Crippen molar-refractivity contribution in [1.29, 1.82) is 0 Å². The molecule has 4 fully saturated rings. The van der Waals surface area contributed by atoms with Crippen LogP contribution in [0.25, 0.3) is 0 Å². The molecule has 0 N–H and O–H groups in total. The smallest absolute Gasteiger partial charge is 0.188 e. The van der Waals surface area contributed by atoms with Crippen molar-refractivity contribution in [2.24, 2.45) is 35.0 Å². The summed E-state index contributed by atoms with van der Waals surface area (Å²) in [4.78, 5) is 0. The van der Waals surface area contributed by atoms with Crippen molar-refractivity contribution in [1.82, 2.24) is 0 Å². The van der Waals surface area contributed by atoms with E-state index in [1.807, 2.05) is 0 Å². The zero-order chi connectivity index (χ0) is 16.4. The largest absolute Gasteiger partial charge is 0.344 e. The van der Waals surface area contributed by atoms with Gasteiger partial charge in [-0.3, -0.25) is 0 Å². The summed E-state index contributed by atoms with van der Waals surface area (Å²) < 4.78 is 12.0. The molecule has 0 aromatic rings. The van der Waals surface area contributed by atoms with Crippen LogP contribution in [0, 0.1) is 35.0 Å². The Bertz CT molecular complexity index is 532. The Balaban J connectivity index is 1.43. The highest BCUT2D eigenvalue weighted by atomic mass is 16.7. The topological polar surface area (TPSA) is 18.5 Å². The van der Waals surface area contributed by atoms with Crippen LogP contribution in [0.4, 0.5) is 0 Å². The molecule has 3 saturated carbocycles. The van der Waals surface area contributed by atoms with E-state index in [1.165, 1.54) is 51.4 Å². The number of ether oxygens (including phenoxy) is 2. The standard InChI is InChI=1S/C22H34O2/c1-15-16-5-8-21(2,13-16)9-6-20-18(15)4-3-17-14-22(10-7-19(17)20)23-11-12-24-22/h14-16,18-20H,3-13H2,1-2H3/t15-,16?,18?,19?,20?,21-/m1/s1. The van der Waals surface area contributed by atoms with Crippen LogP contribution in [0.2, 0.25) is 0 Å². The number of allylic oxidation sites excluding steroid dienone is 1. The molecule has 5 rings (SSSR count). The molecule has 24 heavy (non-hydrogen) atoms. The first-order chi connectivity index (χ1) is 11.6. The van der Waals surface area contributed by atoms with E-state index in [0.29, 0.717) is 5.41 Å². The minimum atomic E-state index is -0.336. The average molecular weight is 331 g/mol. The Morgan fingerprint density at radius 1 is 0.958 bits per heavy atom. The van der Waals surface area contributed by atoms with E-state index >= 15 is 0 Å². The van der Waals surface area contributed by atoms with Crippen LogP contribution < -0.4 is 0 Å². The van der Waals surface area contributed by atoms with Gasteiger partial charge in [-0.15, -0.1) is 0 Å². The molecule has 0 aromatic carbocycles. The van der Waals surface area contributed by atoms with Crippen LogP contribution in [-0.4, -0.2) is 19.0 Å². The molecule has 4 unspecified atom stereocenters. The maximum absolute atomic E-state index is 5.99. The molecule has 134 valence electrons. The van der Waals surface area contributed by atoms with E-state index in [2.05, 4.69) is 19.9 Å². The van der Waals surface area contributed by atoms with Crippen molar-refractivity contribution in [3.63, 3.8) is 0 Å². The maximum atomic E-state index is 5.99. The number of rotatable bonds is 0. The zero-order valence-corrected chi connectivity index (χ0v) is 15.6. The third kappa shape index (κ3) is 2.43. The molecule has 2 bridgehead atoms. The Hall–Kier alpha value is -0.340. The summed E-state index contributed by atoms with van der Waals surface area (Å²) >= 11 is 0. The Labute approximate surface area is 147 Å². The van der Waals surface area contributed by atoms with Crippen LogP contribution >= 0.6 is 0 Å². The van der Waals surface area contributed by atoms with E-state index in [4.69, 9.17) is 9.47 Å². The molecule has 0 amide bonds. The summed E-state index contributed by atoms with van der Waals surface area (Å²) in [5.41, 5.74) is 2.34. The molecule has 5 aliphatic rings. The molecular formula is C22H34O2. The van der Waals surface area contributed by atoms with Crippen LogP contribution in [-0.2, 0) is 9.47 Å². The van der Waals surface area contributed by atoms with E-state index in [-0.39, 0.29) is 5.79 Å². The summed E-state index contributed by atoms with van der Waals surface area (Å²) in [5, 5.41) is 0. The number of fused-ring (bicyclic) bond motifs is 5. The van der Waals surface area contributed by atoms with Crippen LogP contribution in [0.3, 0.4) is 0 Å². The van der Waals surface area contributed by atoms with Crippen LogP contribution in [0.1, 0.15) is 71.6 Å². The minimum Gasteiger partial charge on any atom is -0.344 e. The average Bonchev–Trinajstić information content (AvgIpc) is 3.19. The second-order valence-corrected chi connectivity index (χ2v) is 9.95. The quantitative estimate of drug-likeness (QED) is 0.559. The number of hydrogen-bond donors (Lipinski definition) is 0. The van der Waals surface area contributed by atoms with Gasteiger partial charge in [0.1, 0.15) is 0 Å². The van der Waals surface area contributed by atoms with Gasteiger partial charge in [-0.25, -0.2) is 0 Å². The minimum absolute atomic E-state index is 0.336. The number of hydrogen-bond acceptors (Lipinski definition) is 2. The van der Waals surface area contributed by atoms with Gasteiger partial charge in [0.15, 0.2) is 5.79 Å². The van der Waals surface area contributed by atoms with Crippen molar-refractivity contribution in [3.05, 3.63) is 11.6 Å². The highest BCUT2D eigenvalue weighted by molar-refractivity contribution is 5.21. The van der Waals surface area contributed by atoms with Gasteiger partial charge in [0, 0.05) is 6.42 Å². The molecule has 2 heteroatoms. The van der Waals surface area contributed by atoms with E-state index < -0.39 is 0 Å². The van der Waals surface area contributed by atoms with Crippen molar-refractivity contribution in [2.75, 3.05) is 13.2 Å². The third-order valence-corrected chi connectivity index (χ3v) is 8.67. The van der Waals surface area contributed by atoms with Crippen molar-refractivity contribution < 1.29 is 9.47 Å². The summed E-state index contributed by atoms with van der Waals surface area (Å²) in [6, 6.07) is 0. The van der Waals surface area contributed by atoms with E-state index in [1.54, 1.807) is 5.57 Å². The predicted molar refractivity (Wildman–Crippen MR) is 95.5 cm³/mol. The first-order valence-corrected chi connectivity index (χ1v) is 10.6. The maximum Gasteiger partial charge on any atom is 0.188 e. The lowest BCUT2D eigenvalue weighted by atomic mass is 9.57. The van der Waals surface area contributed by atoms with E-state index in [9.17, 15) is 0 Å². The Morgan fingerprint density at radius 2 is 1.75 bits per heavy atom. The van der Waals surface area contributed by atoms with Crippen molar-refractivity contribution in [2.45, 2.75) is 77.4 Å². The molecule has 2 nitrogen and oxygen atoms in total. The van der Waals surface area contributed by atoms with Gasteiger partial charge in [-0.2, -0.15) is 0 Å². The first kappa shape index (κ1) is 15.9. The SMILES string of the molecule is C[C@@H]1C2CC[C@](C)(CCC3C4CCC5(C=C4CCC31)OCCO5)C2. The van der Waals surface area contributed by atoms with Gasteiger partial charge in [0.05, 0.1) is 13.2 Å². The van der Waals surface area contributed by atoms with Crippen molar-refractivity contribution >= 4 is 0 Å². The highest BCUT2D eigenvalue weighted by Gasteiger charge is 2.50. The van der Waals surface area contributed by atoms with Gasteiger partial charge in [0.25, 0.3) is 0 Å². The summed E-state index contributed by atoms with van der Waals surface area (Å²) in [5.74, 6) is 4.33. The van der Waals surface area contributed by atoms with Gasteiger partial charge in [-0.1, -0.05) is 19.4 Å². The zero-order valence-electron chi connectivity index (χ0n) is 15.6. The lowest BCUT2D eigenvalue weighted by Gasteiger charge is -2.49. The van der Waals surface area contributed by atoms with Gasteiger partial charge in [-0.05, 0) is 92.4 Å². The van der Waals surface area contributed by atoms with Crippen LogP contribution in [0.15, 0.2) is 11.6 Å². The van der Waals surface area contributed by atoms with Gasteiger partial charge < -0.3 is 9.47 Å².